The summed E-state index contributed by atoms with van der Waals surface area (Å²) < 4.78 is 3.47. The summed E-state index contributed by atoms with van der Waals surface area (Å²) in [6.45, 7) is 4.05. The van der Waals surface area contributed by atoms with Gasteiger partial charge in [-0.25, -0.2) is 9.36 Å². The van der Waals surface area contributed by atoms with Gasteiger partial charge < -0.3 is 5.32 Å². The van der Waals surface area contributed by atoms with Gasteiger partial charge in [0.25, 0.3) is 5.91 Å². The molecular formula is C22H20ClN5O. The van der Waals surface area contributed by atoms with Crippen molar-refractivity contribution in [3.05, 3.63) is 89.3 Å². The lowest BCUT2D eigenvalue weighted by atomic mass is 10.1. The van der Waals surface area contributed by atoms with E-state index in [1.54, 1.807) is 27.7 Å². The smallest absolute Gasteiger partial charge is 0.260 e. The molecule has 0 saturated carbocycles. The van der Waals surface area contributed by atoms with E-state index in [9.17, 15) is 4.79 Å². The molecule has 4 aromatic rings. The summed E-state index contributed by atoms with van der Waals surface area (Å²) in [4.78, 5) is 13.0. The molecule has 1 amide bonds. The third kappa shape index (κ3) is 3.93. The molecule has 7 heteroatoms. The van der Waals surface area contributed by atoms with E-state index in [1.807, 2.05) is 68.6 Å². The van der Waals surface area contributed by atoms with Gasteiger partial charge in [0.15, 0.2) is 5.82 Å². The number of anilines is 1. The van der Waals surface area contributed by atoms with Crippen LogP contribution in [0.25, 0.3) is 11.4 Å². The summed E-state index contributed by atoms with van der Waals surface area (Å²) in [5, 5.41) is 12.4. The summed E-state index contributed by atoms with van der Waals surface area (Å²) in [5.74, 6) is 0.309. The van der Waals surface area contributed by atoms with Gasteiger partial charge in [0, 0.05) is 17.3 Å². The van der Waals surface area contributed by atoms with Gasteiger partial charge in [-0.05, 0) is 36.2 Å². The van der Waals surface area contributed by atoms with E-state index < -0.39 is 0 Å². The summed E-state index contributed by atoms with van der Waals surface area (Å²) in [5.41, 5.74) is 3.06. The van der Waals surface area contributed by atoms with Crippen LogP contribution in [0.3, 0.4) is 0 Å². The highest BCUT2D eigenvalue weighted by atomic mass is 35.5. The number of nitrogens with one attached hydrogen (secondary N) is 1. The lowest BCUT2D eigenvalue weighted by Gasteiger charge is -2.13. The summed E-state index contributed by atoms with van der Waals surface area (Å²) in [7, 11) is 0. The van der Waals surface area contributed by atoms with Gasteiger partial charge >= 0.3 is 0 Å². The topological polar surface area (TPSA) is 64.7 Å². The Morgan fingerprint density at radius 2 is 1.79 bits per heavy atom. The summed E-state index contributed by atoms with van der Waals surface area (Å²) >= 11 is 6.13. The van der Waals surface area contributed by atoms with E-state index in [0.717, 1.165) is 17.1 Å². The molecule has 146 valence electrons. The Morgan fingerprint density at radius 1 is 1.03 bits per heavy atom. The van der Waals surface area contributed by atoms with Crippen LogP contribution in [-0.2, 0) is 0 Å². The molecule has 0 aliphatic heterocycles. The molecule has 0 unspecified atom stereocenters. The quantitative estimate of drug-likeness (QED) is 0.503. The molecule has 29 heavy (non-hydrogen) atoms. The number of carbonyl (C=O) groups excluding carboxylic acids is 1. The Balaban J connectivity index is 1.62. The van der Waals surface area contributed by atoms with Gasteiger partial charge in [0.1, 0.15) is 0 Å². The van der Waals surface area contributed by atoms with Crippen LogP contribution in [0.4, 0.5) is 5.82 Å². The second kappa shape index (κ2) is 7.93. The SMILES string of the molecule is CC(C)c1c(C(=O)Nc2ccn(-c3ccccc3)n2)cnn1-c1cccc(Cl)c1. The van der Waals surface area contributed by atoms with Crippen LogP contribution in [0.1, 0.15) is 35.8 Å². The van der Waals surface area contributed by atoms with E-state index in [2.05, 4.69) is 15.5 Å². The van der Waals surface area contributed by atoms with Crippen molar-refractivity contribution in [2.75, 3.05) is 5.32 Å². The molecule has 2 aromatic carbocycles. The van der Waals surface area contributed by atoms with Crippen molar-refractivity contribution in [2.45, 2.75) is 19.8 Å². The Morgan fingerprint density at radius 3 is 2.52 bits per heavy atom. The Bertz CT molecular complexity index is 1150. The van der Waals surface area contributed by atoms with E-state index in [0.29, 0.717) is 16.4 Å². The number of hydrogen-bond donors (Lipinski definition) is 1. The largest absolute Gasteiger partial charge is 0.305 e. The molecule has 0 radical (unpaired) electrons. The molecular weight excluding hydrogens is 386 g/mol. The standard InChI is InChI=1S/C22H20ClN5O/c1-15(2)21-19(14-24-28(21)18-10-6-7-16(23)13-18)22(29)25-20-11-12-27(26-20)17-8-4-3-5-9-17/h3-15H,1-2H3,(H,25,26,29). The van der Waals surface area contributed by atoms with Crippen molar-refractivity contribution in [1.82, 2.24) is 19.6 Å². The van der Waals surface area contributed by atoms with Crippen LogP contribution >= 0.6 is 11.6 Å². The van der Waals surface area contributed by atoms with Gasteiger partial charge in [-0.1, -0.05) is 49.7 Å². The first kappa shape index (κ1) is 19.0. The lowest BCUT2D eigenvalue weighted by Crippen LogP contribution is -2.16. The predicted octanol–water partition coefficient (Wildman–Crippen LogP) is 5.09. The Kier molecular flexibility index (Phi) is 5.18. The summed E-state index contributed by atoms with van der Waals surface area (Å²) in [6.07, 6.45) is 3.39. The molecule has 2 aromatic heterocycles. The predicted molar refractivity (Wildman–Crippen MR) is 114 cm³/mol. The summed E-state index contributed by atoms with van der Waals surface area (Å²) in [6, 6.07) is 18.9. The molecule has 1 N–H and O–H groups in total. The maximum absolute atomic E-state index is 13.0. The number of para-hydroxylation sites is 1. The minimum absolute atomic E-state index is 0.0825. The average molecular weight is 406 g/mol. The molecule has 0 bridgehead atoms. The van der Waals surface area contributed by atoms with Crippen molar-refractivity contribution in [2.24, 2.45) is 0 Å². The number of rotatable bonds is 5. The first-order chi connectivity index (χ1) is 14.0. The van der Waals surface area contributed by atoms with Crippen molar-refractivity contribution >= 4 is 23.3 Å². The number of aromatic nitrogens is 4. The Labute approximate surface area is 173 Å². The van der Waals surface area contributed by atoms with Crippen LogP contribution in [0, 0.1) is 0 Å². The highest BCUT2D eigenvalue weighted by molar-refractivity contribution is 6.30. The van der Waals surface area contributed by atoms with Crippen molar-refractivity contribution in [1.29, 1.82) is 0 Å². The van der Waals surface area contributed by atoms with Gasteiger partial charge in [-0.15, -0.1) is 0 Å². The number of carbonyl (C=O) groups is 1. The molecule has 4 rings (SSSR count). The second-order valence-electron chi connectivity index (χ2n) is 6.93. The monoisotopic (exact) mass is 405 g/mol. The van der Waals surface area contributed by atoms with E-state index in [-0.39, 0.29) is 11.8 Å². The maximum atomic E-state index is 13.0. The average Bonchev–Trinajstić information content (AvgIpc) is 3.36. The van der Waals surface area contributed by atoms with Crippen LogP contribution in [0.15, 0.2) is 73.1 Å². The van der Waals surface area contributed by atoms with E-state index in [1.165, 1.54) is 0 Å². The molecule has 0 spiro atoms. The first-order valence-electron chi connectivity index (χ1n) is 9.29. The van der Waals surface area contributed by atoms with Gasteiger partial charge in [0.2, 0.25) is 0 Å². The van der Waals surface area contributed by atoms with Gasteiger partial charge in [0.05, 0.1) is 28.8 Å². The highest BCUT2D eigenvalue weighted by Gasteiger charge is 2.21. The van der Waals surface area contributed by atoms with E-state index in [4.69, 9.17) is 11.6 Å². The van der Waals surface area contributed by atoms with Crippen LogP contribution < -0.4 is 5.32 Å². The maximum Gasteiger partial charge on any atom is 0.260 e. The van der Waals surface area contributed by atoms with Gasteiger partial charge in [-0.2, -0.15) is 10.2 Å². The first-order valence-corrected chi connectivity index (χ1v) is 9.67. The van der Waals surface area contributed by atoms with Crippen molar-refractivity contribution in [3.8, 4) is 11.4 Å². The van der Waals surface area contributed by atoms with Crippen molar-refractivity contribution in [3.63, 3.8) is 0 Å². The number of nitrogens with zero attached hydrogens (tertiary/aromatic N) is 4. The fraction of sp³-hybridized carbons (Fsp3) is 0.136. The number of amides is 1. The number of halogens is 1. The highest BCUT2D eigenvalue weighted by Crippen LogP contribution is 2.25. The minimum Gasteiger partial charge on any atom is -0.305 e. The zero-order chi connectivity index (χ0) is 20.4. The van der Waals surface area contributed by atoms with Crippen LogP contribution in [0.5, 0.6) is 0 Å². The fourth-order valence-corrected chi connectivity index (χ4v) is 3.39. The second-order valence-corrected chi connectivity index (χ2v) is 7.36. The number of benzene rings is 2. The Hall–Kier alpha value is -3.38. The van der Waals surface area contributed by atoms with Crippen molar-refractivity contribution < 1.29 is 4.79 Å². The molecule has 0 fully saturated rings. The molecule has 0 aliphatic rings. The van der Waals surface area contributed by atoms with Crippen LogP contribution in [0.2, 0.25) is 5.02 Å². The third-order valence-corrected chi connectivity index (χ3v) is 4.74. The molecule has 2 heterocycles. The minimum atomic E-state index is -0.250. The third-order valence-electron chi connectivity index (χ3n) is 4.50. The van der Waals surface area contributed by atoms with Crippen LogP contribution in [-0.4, -0.2) is 25.5 Å². The van der Waals surface area contributed by atoms with E-state index >= 15 is 0 Å². The number of hydrogen-bond acceptors (Lipinski definition) is 3. The molecule has 6 nitrogen and oxygen atoms in total. The molecule has 0 atom stereocenters. The lowest BCUT2D eigenvalue weighted by molar-refractivity contribution is 0.102. The fourth-order valence-electron chi connectivity index (χ4n) is 3.20. The molecule has 0 saturated heterocycles. The normalized spacial score (nSPS) is 11.0. The zero-order valence-corrected chi connectivity index (χ0v) is 16.8. The molecule has 0 aliphatic carbocycles. The zero-order valence-electron chi connectivity index (χ0n) is 16.1. The van der Waals surface area contributed by atoms with Gasteiger partial charge in [-0.3, -0.25) is 4.79 Å².